The SMILES string of the molecule is CNCCCN(C)c1n[nH]c(=O)[nH]c1=O. The van der Waals surface area contributed by atoms with E-state index in [0.29, 0.717) is 6.54 Å². The summed E-state index contributed by atoms with van der Waals surface area (Å²) in [7, 11) is 3.62. The summed E-state index contributed by atoms with van der Waals surface area (Å²) in [6.45, 7) is 1.56. The van der Waals surface area contributed by atoms with Gasteiger partial charge in [-0.2, -0.15) is 0 Å². The molecule has 15 heavy (non-hydrogen) atoms. The number of nitrogens with one attached hydrogen (secondary N) is 3. The maximum atomic E-state index is 11.3. The predicted octanol–water partition coefficient (Wildman–Crippen LogP) is -1.50. The number of rotatable bonds is 5. The molecule has 0 atom stereocenters. The van der Waals surface area contributed by atoms with Gasteiger partial charge in [-0.3, -0.25) is 9.78 Å². The number of H-pyrrole nitrogens is 2. The molecule has 0 radical (unpaired) electrons. The molecule has 0 unspecified atom stereocenters. The van der Waals surface area contributed by atoms with Crippen LogP contribution in [0.4, 0.5) is 5.82 Å². The summed E-state index contributed by atoms with van der Waals surface area (Å²) in [5, 5.41) is 8.88. The van der Waals surface area contributed by atoms with Gasteiger partial charge in [-0.25, -0.2) is 9.89 Å². The molecular formula is C8H15N5O2. The Morgan fingerprint density at radius 2 is 2.20 bits per heavy atom. The Balaban J connectivity index is 2.69. The highest BCUT2D eigenvalue weighted by atomic mass is 16.2. The van der Waals surface area contributed by atoms with Gasteiger partial charge in [-0.05, 0) is 20.0 Å². The van der Waals surface area contributed by atoms with Gasteiger partial charge >= 0.3 is 5.69 Å². The standard InChI is InChI=1S/C8H15N5O2/c1-9-4-3-5-13(2)6-7(14)10-8(15)12-11-6/h9H,3-5H2,1-2H3,(H2,10,12,14,15). The minimum absolute atomic E-state index is 0.228. The molecule has 0 aromatic carbocycles. The number of nitrogens with zero attached hydrogens (tertiary/aromatic N) is 2. The van der Waals surface area contributed by atoms with Crippen LogP contribution < -0.4 is 21.5 Å². The van der Waals surface area contributed by atoms with Crippen LogP contribution in [0.1, 0.15) is 6.42 Å². The highest BCUT2D eigenvalue weighted by Crippen LogP contribution is 1.97. The molecule has 0 fully saturated rings. The van der Waals surface area contributed by atoms with Crippen LogP contribution in [0.15, 0.2) is 9.59 Å². The van der Waals surface area contributed by atoms with Gasteiger partial charge in [0.15, 0.2) is 0 Å². The first kappa shape index (κ1) is 11.4. The van der Waals surface area contributed by atoms with E-state index in [1.54, 1.807) is 11.9 Å². The van der Waals surface area contributed by atoms with Gasteiger partial charge < -0.3 is 10.2 Å². The lowest BCUT2D eigenvalue weighted by molar-refractivity contribution is 0.700. The van der Waals surface area contributed by atoms with E-state index in [1.807, 2.05) is 7.05 Å². The molecule has 7 nitrogen and oxygen atoms in total. The second kappa shape index (κ2) is 5.30. The fourth-order valence-corrected chi connectivity index (χ4v) is 1.20. The zero-order valence-electron chi connectivity index (χ0n) is 8.83. The first-order valence-corrected chi connectivity index (χ1v) is 4.70. The minimum Gasteiger partial charge on any atom is -0.354 e. The largest absolute Gasteiger partial charge is 0.354 e. The second-order valence-electron chi connectivity index (χ2n) is 3.21. The smallest absolute Gasteiger partial charge is 0.342 e. The van der Waals surface area contributed by atoms with Gasteiger partial charge in [-0.1, -0.05) is 0 Å². The minimum atomic E-state index is -0.590. The van der Waals surface area contributed by atoms with E-state index in [-0.39, 0.29) is 5.82 Å². The maximum Gasteiger partial charge on any atom is 0.342 e. The molecule has 0 aliphatic rings. The van der Waals surface area contributed by atoms with Crippen molar-refractivity contribution in [3.8, 4) is 0 Å². The molecule has 0 bridgehead atoms. The molecule has 3 N–H and O–H groups in total. The van der Waals surface area contributed by atoms with E-state index in [9.17, 15) is 9.59 Å². The van der Waals surface area contributed by atoms with Crippen molar-refractivity contribution in [2.75, 3.05) is 32.1 Å². The summed E-state index contributed by atoms with van der Waals surface area (Å²) < 4.78 is 0. The number of aromatic nitrogens is 3. The molecule has 0 saturated heterocycles. The van der Waals surface area contributed by atoms with Gasteiger partial charge in [0.05, 0.1) is 0 Å². The Morgan fingerprint density at radius 1 is 1.47 bits per heavy atom. The van der Waals surface area contributed by atoms with Crippen molar-refractivity contribution in [1.29, 1.82) is 0 Å². The maximum absolute atomic E-state index is 11.3. The molecule has 1 rings (SSSR count). The van der Waals surface area contributed by atoms with Crippen molar-refractivity contribution in [2.45, 2.75) is 6.42 Å². The Kier molecular flexibility index (Phi) is 4.04. The van der Waals surface area contributed by atoms with Gasteiger partial charge in [0.2, 0.25) is 5.82 Å². The molecule has 1 aromatic rings. The lowest BCUT2D eigenvalue weighted by Gasteiger charge is -2.15. The molecule has 0 amide bonds. The van der Waals surface area contributed by atoms with E-state index < -0.39 is 11.2 Å². The molecule has 0 saturated carbocycles. The Morgan fingerprint density at radius 3 is 2.80 bits per heavy atom. The predicted molar refractivity (Wildman–Crippen MR) is 57.3 cm³/mol. The van der Waals surface area contributed by atoms with Gasteiger partial charge in [0.1, 0.15) is 0 Å². The number of hydrogen-bond donors (Lipinski definition) is 3. The van der Waals surface area contributed by atoms with Crippen LogP contribution in [0, 0.1) is 0 Å². The highest BCUT2D eigenvalue weighted by molar-refractivity contribution is 5.32. The number of anilines is 1. The van der Waals surface area contributed by atoms with E-state index in [0.717, 1.165) is 13.0 Å². The van der Waals surface area contributed by atoms with Crippen LogP contribution in [0.3, 0.4) is 0 Å². The normalized spacial score (nSPS) is 10.3. The van der Waals surface area contributed by atoms with Crippen LogP contribution in [-0.4, -0.2) is 42.4 Å². The fraction of sp³-hybridized carbons (Fsp3) is 0.625. The summed E-state index contributed by atoms with van der Waals surface area (Å²) in [5.41, 5.74) is -1.06. The van der Waals surface area contributed by atoms with Crippen LogP contribution in [0.2, 0.25) is 0 Å². The Hall–Kier alpha value is -1.63. The number of hydrogen-bond acceptors (Lipinski definition) is 5. The van der Waals surface area contributed by atoms with Crippen molar-refractivity contribution in [1.82, 2.24) is 20.5 Å². The summed E-state index contributed by atoms with van der Waals surface area (Å²) in [4.78, 5) is 25.9. The number of aromatic amines is 2. The monoisotopic (exact) mass is 213 g/mol. The Bertz CT molecular complexity index is 410. The molecule has 84 valence electrons. The molecule has 0 spiro atoms. The molecule has 1 heterocycles. The summed E-state index contributed by atoms with van der Waals surface area (Å²) in [6.07, 6.45) is 0.896. The molecule has 0 aliphatic carbocycles. The van der Waals surface area contributed by atoms with Crippen LogP contribution in [0.5, 0.6) is 0 Å². The van der Waals surface area contributed by atoms with Crippen molar-refractivity contribution >= 4 is 5.82 Å². The van der Waals surface area contributed by atoms with Crippen LogP contribution >= 0.6 is 0 Å². The van der Waals surface area contributed by atoms with Crippen molar-refractivity contribution in [3.63, 3.8) is 0 Å². The molecule has 7 heteroatoms. The van der Waals surface area contributed by atoms with E-state index in [1.165, 1.54) is 0 Å². The third kappa shape index (κ3) is 3.21. The Labute approximate surface area is 86.5 Å². The quantitative estimate of drug-likeness (QED) is 0.518. The second-order valence-corrected chi connectivity index (χ2v) is 3.21. The topological polar surface area (TPSA) is 93.9 Å². The van der Waals surface area contributed by atoms with E-state index >= 15 is 0 Å². The van der Waals surface area contributed by atoms with Crippen LogP contribution in [-0.2, 0) is 0 Å². The van der Waals surface area contributed by atoms with Gasteiger partial charge in [-0.15, -0.1) is 5.10 Å². The zero-order chi connectivity index (χ0) is 11.3. The average molecular weight is 213 g/mol. The molecule has 0 aliphatic heterocycles. The molecular weight excluding hydrogens is 198 g/mol. The third-order valence-corrected chi connectivity index (χ3v) is 1.98. The molecule has 1 aromatic heterocycles. The lowest BCUT2D eigenvalue weighted by atomic mass is 10.4. The van der Waals surface area contributed by atoms with E-state index in [2.05, 4.69) is 20.5 Å². The average Bonchev–Trinajstić information content (AvgIpc) is 2.17. The van der Waals surface area contributed by atoms with Crippen molar-refractivity contribution in [2.24, 2.45) is 0 Å². The van der Waals surface area contributed by atoms with Gasteiger partial charge in [0, 0.05) is 13.6 Å². The third-order valence-electron chi connectivity index (χ3n) is 1.98. The first-order valence-electron chi connectivity index (χ1n) is 4.70. The zero-order valence-corrected chi connectivity index (χ0v) is 8.83. The van der Waals surface area contributed by atoms with Crippen LogP contribution in [0.25, 0.3) is 0 Å². The fourth-order valence-electron chi connectivity index (χ4n) is 1.20. The van der Waals surface area contributed by atoms with Gasteiger partial charge in [0.25, 0.3) is 5.56 Å². The first-order chi connectivity index (χ1) is 7.15. The van der Waals surface area contributed by atoms with E-state index in [4.69, 9.17) is 0 Å². The summed E-state index contributed by atoms with van der Waals surface area (Å²) >= 11 is 0. The summed E-state index contributed by atoms with van der Waals surface area (Å²) in [6, 6.07) is 0. The van der Waals surface area contributed by atoms with Crippen molar-refractivity contribution < 1.29 is 0 Å². The summed E-state index contributed by atoms with van der Waals surface area (Å²) in [5.74, 6) is 0.228. The van der Waals surface area contributed by atoms with Crippen molar-refractivity contribution in [3.05, 3.63) is 20.8 Å². The lowest BCUT2D eigenvalue weighted by Crippen LogP contribution is -2.33. The highest BCUT2D eigenvalue weighted by Gasteiger charge is 2.07.